The molecule has 2 atom stereocenters. The Morgan fingerprint density at radius 2 is 2.13 bits per heavy atom. The molecule has 7 heteroatoms. The molecule has 1 aromatic carbocycles. The number of nitrogens with zero attached hydrogens (tertiary/aromatic N) is 1. The van der Waals surface area contributed by atoms with Crippen LogP contribution < -0.4 is 5.32 Å². The number of benzene rings is 1. The van der Waals surface area contributed by atoms with Gasteiger partial charge in [-0.15, -0.1) is 0 Å². The maximum Gasteiger partial charge on any atom is 0.326 e. The van der Waals surface area contributed by atoms with E-state index in [2.05, 4.69) is 21.2 Å². The van der Waals surface area contributed by atoms with Gasteiger partial charge in [0.1, 0.15) is 6.04 Å². The first-order valence-electron chi connectivity index (χ1n) is 7.44. The average Bonchev–Trinajstić information content (AvgIpc) is 2.52. The van der Waals surface area contributed by atoms with Gasteiger partial charge in [-0.3, -0.25) is 9.59 Å². The summed E-state index contributed by atoms with van der Waals surface area (Å²) in [7, 11) is 0. The first-order chi connectivity index (χ1) is 10.9. The predicted molar refractivity (Wildman–Crippen MR) is 88.0 cm³/mol. The van der Waals surface area contributed by atoms with Gasteiger partial charge < -0.3 is 15.3 Å². The van der Waals surface area contributed by atoms with Gasteiger partial charge in [-0.05, 0) is 37.0 Å². The summed E-state index contributed by atoms with van der Waals surface area (Å²) in [4.78, 5) is 37.0. The standard InChI is InChI=1S/C16H19BrN2O4/c1-10-5-6-19(13(7-10)16(22)23)14(20)9-18-15(21)11-3-2-4-12(17)8-11/h2-4,8,10,13H,5-7,9H2,1H3,(H,18,21)(H,22,23). The third-order valence-electron chi connectivity index (χ3n) is 3.96. The Hall–Kier alpha value is -1.89. The van der Waals surface area contributed by atoms with Crippen LogP contribution in [0.1, 0.15) is 30.1 Å². The quantitative estimate of drug-likeness (QED) is 0.832. The topological polar surface area (TPSA) is 86.7 Å². The third-order valence-corrected chi connectivity index (χ3v) is 4.45. The van der Waals surface area contributed by atoms with E-state index >= 15 is 0 Å². The van der Waals surface area contributed by atoms with Crippen LogP contribution in [-0.4, -0.2) is 46.9 Å². The normalized spacial score (nSPS) is 20.9. The molecule has 2 N–H and O–H groups in total. The Bertz CT molecular complexity index is 620. The summed E-state index contributed by atoms with van der Waals surface area (Å²) in [6, 6.07) is 6.02. The van der Waals surface area contributed by atoms with Gasteiger partial charge >= 0.3 is 5.97 Å². The smallest absolute Gasteiger partial charge is 0.326 e. The van der Waals surface area contributed by atoms with Crippen molar-refractivity contribution in [1.82, 2.24) is 10.2 Å². The summed E-state index contributed by atoms with van der Waals surface area (Å²) >= 11 is 3.28. The fourth-order valence-corrected chi connectivity index (χ4v) is 3.06. The monoisotopic (exact) mass is 382 g/mol. The minimum atomic E-state index is -0.997. The van der Waals surface area contributed by atoms with Crippen molar-refractivity contribution in [3.8, 4) is 0 Å². The number of rotatable bonds is 4. The van der Waals surface area contributed by atoms with Gasteiger partial charge in [-0.1, -0.05) is 28.9 Å². The number of hydrogen-bond donors (Lipinski definition) is 2. The van der Waals surface area contributed by atoms with Crippen molar-refractivity contribution in [2.24, 2.45) is 5.92 Å². The lowest BCUT2D eigenvalue weighted by molar-refractivity contribution is -0.152. The second-order valence-electron chi connectivity index (χ2n) is 5.76. The van der Waals surface area contributed by atoms with E-state index < -0.39 is 12.0 Å². The highest BCUT2D eigenvalue weighted by atomic mass is 79.9. The number of carbonyl (C=O) groups is 3. The highest BCUT2D eigenvalue weighted by Gasteiger charge is 2.34. The van der Waals surface area contributed by atoms with Crippen LogP contribution in [0.5, 0.6) is 0 Å². The minimum absolute atomic E-state index is 0.205. The molecule has 23 heavy (non-hydrogen) atoms. The molecular weight excluding hydrogens is 364 g/mol. The molecule has 1 aromatic rings. The van der Waals surface area contributed by atoms with Gasteiger partial charge in [0.05, 0.1) is 6.54 Å². The molecule has 1 heterocycles. The molecule has 0 aromatic heterocycles. The van der Waals surface area contributed by atoms with E-state index in [4.69, 9.17) is 0 Å². The highest BCUT2D eigenvalue weighted by Crippen LogP contribution is 2.22. The zero-order chi connectivity index (χ0) is 17.0. The van der Waals surface area contributed by atoms with Crippen molar-refractivity contribution in [3.63, 3.8) is 0 Å². The van der Waals surface area contributed by atoms with Crippen LogP contribution in [0.2, 0.25) is 0 Å². The summed E-state index contributed by atoms with van der Waals surface area (Å²) in [5.41, 5.74) is 0.439. The van der Waals surface area contributed by atoms with Crippen LogP contribution in [0.25, 0.3) is 0 Å². The average molecular weight is 383 g/mol. The molecule has 1 fully saturated rings. The lowest BCUT2D eigenvalue weighted by Crippen LogP contribution is -2.52. The second-order valence-corrected chi connectivity index (χ2v) is 6.68. The van der Waals surface area contributed by atoms with E-state index in [1.165, 1.54) is 4.90 Å². The second kappa shape index (κ2) is 7.59. The number of carboxylic acid groups (broad SMARTS) is 1. The number of hydrogen-bond acceptors (Lipinski definition) is 3. The molecule has 1 aliphatic rings. The maximum absolute atomic E-state index is 12.3. The Morgan fingerprint density at radius 3 is 2.78 bits per heavy atom. The van der Waals surface area contributed by atoms with Crippen LogP contribution in [0.4, 0.5) is 0 Å². The Labute approximate surface area is 143 Å². The number of nitrogens with one attached hydrogen (secondary N) is 1. The first kappa shape index (κ1) is 17.5. The zero-order valence-corrected chi connectivity index (χ0v) is 14.4. The maximum atomic E-state index is 12.3. The Morgan fingerprint density at radius 1 is 1.39 bits per heavy atom. The number of halogens is 1. The fraction of sp³-hybridized carbons (Fsp3) is 0.438. The van der Waals surface area contributed by atoms with Crippen LogP contribution in [0.3, 0.4) is 0 Å². The van der Waals surface area contributed by atoms with E-state index in [1.807, 2.05) is 6.92 Å². The minimum Gasteiger partial charge on any atom is -0.480 e. The Kier molecular flexibility index (Phi) is 5.76. The first-order valence-corrected chi connectivity index (χ1v) is 8.24. The molecule has 0 saturated carbocycles. The molecule has 0 radical (unpaired) electrons. The molecular formula is C16H19BrN2O4. The fourth-order valence-electron chi connectivity index (χ4n) is 2.66. The van der Waals surface area contributed by atoms with E-state index in [9.17, 15) is 19.5 Å². The number of piperidine rings is 1. The summed E-state index contributed by atoms with van der Waals surface area (Å²) in [5, 5.41) is 11.8. The summed E-state index contributed by atoms with van der Waals surface area (Å²) in [5.74, 6) is -1.45. The number of likely N-dealkylation sites (tertiary alicyclic amines) is 1. The van der Waals surface area contributed by atoms with E-state index in [1.54, 1.807) is 24.3 Å². The van der Waals surface area contributed by atoms with Gasteiger partial charge in [0.15, 0.2) is 0 Å². The molecule has 124 valence electrons. The summed E-state index contributed by atoms with van der Waals surface area (Å²) in [6.07, 6.45) is 1.22. The van der Waals surface area contributed by atoms with Crippen LogP contribution in [0, 0.1) is 5.92 Å². The lowest BCUT2D eigenvalue weighted by Gasteiger charge is -2.36. The molecule has 0 spiro atoms. The number of aliphatic carboxylic acids is 1. The largest absolute Gasteiger partial charge is 0.480 e. The van der Waals surface area contributed by atoms with Gasteiger partial charge in [-0.2, -0.15) is 0 Å². The van der Waals surface area contributed by atoms with Gasteiger partial charge in [-0.25, -0.2) is 4.79 Å². The van der Waals surface area contributed by atoms with Crippen molar-refractivity contribution in [2.75, 3.05) is 13.1 Å². The van der Waals surface area contributed by atoms with Crippen molar-refractivity contribution < 1.29 is 19.5 Å². The van der Waals surface area contributed by atoms with Gasteiger partial charge in [0, 0.05) is 16.6 Å². The highest BCUT2D eigenvalue weighted by molar-refractivity contribution is 9.10. The predicted octanol–water partition coefficient (Wildman–Crippen LogP) is 1.89. The van der Waals surface area contributed by atoms with Crippen LogP contribution in [0.15, 0.2) is 28.7 Å². The molecule has 2 amide bonds. The van der Waals surface area contributed by atoms with Crippen molar-refractivity contribution in [2.45, 2.75) is 25.8 Å². The molecule has 2 unspecified atom stereocenters. The molecule has 1 aliphatic heterocycles. The lowest BCUT2D eigenvalue weighted by atomic mass is 9.92. The number of carboxylic acids is 1. The van der Waals surface area contributed by atoms with E-state index in [0.717, 1.165) is 10.9 Å². The van der Waals surface area contributed by atoms with Gasteiger partial charge in [0.2, 0.25) is 5.91 Å². The van der Waals surface area contributed by atoms with E-state index in [-0.39, 0.29) is 24.3 Å². The number of amides is 2. The van der Waals surface area contributed by atoms with Crippen LogP contribution in [-0.2, 0) is 9.59 Å². The molecule has 0 bridgehead atoms. The summed E-state index contributed by atoms with van der Waals surface area (Å²) in [6.45, 7) is 2.18. The summed E-state index contributed by atoms with van der Waals surface area (Å²) < 4.78 is 0.771. The Balaban J connectivity index is 1.95. The molecule has 2 rings (SSSR count). The molecule has 1 saturated heterocycles. The molecule has 0 aliphatic carbocycles. The number of carbonyl (C=O) groups excluding carboxylic acids is 2. The van der Waals surface area contributed by atoms with E-state index in [0.29, 0.717) is 18.5 Å². The third kappa shape index (κ3) is 4.54. The van der Waals surface area contributed by atoms with Crippen molar-refractivity contribution >= 4 is 33.7 Å². The zero-order valence-electron chi connectivity index (χ0n) is 12.8. The SMILES string of the molecule is CC1CCN(C(=O)CNC(=O)c2cccc(Br)c2)C(C(=O)O)C1. The van der Waals surface area contributed by atoms with Gasteiger partial charge in [0.25, 0.3) is 5.91 Å². The van der Waals surface area contributed by atoms with Crippen molar-refractivity contribution in [3.05, 3.63) is 34.3 Å². The van der Waals surface area contributed by atoms with Crippen molar-refractivity contribution in [1.29, 1.82) is 0 Å². The molecule has 6 nitrogen and oxygen atoms in total. The van der Waals surface area contributed by atoms with Crippen LogP contribution >= 0.6 is 15.9 Å².